The molecule has 1 amide bonds. The van der Waals surface area contributed by atoms with Crippen LogP contribution in [0.25, 0.3) is 0 Å². The zero-order valence-corrected chi connectivity index (χ0v) is 13.5. The third kappa shape index (κ3) is 3.86. The van der Waals surface area contributed by atoms with Gasteiger partial charge in [0.25, 0.3) is 5.91 Å². The molecule has 1 fully saturated rings. The van der Waals surface area contributed by atoms with Gasteiger partial charge in [-0.3, -0.25) is 4.79 Å². The molecule has 1 aromatic carbocycles. The summed E-state index contributed by atoms with van der Waals surface area (Å²) in [5.41, 5.74) is 2.57. The molecule has 2 aromatic rings. The predicted octanol–water partition coefficient (Wildman–Crippen LogP) is 3.54. The average Bonchev–Trinajstić information content (AvgIpc) is 2.86. The number of aryl methyl sites for hydroxylation is 1. The first-order valence-corrected chi connectivity index (χ1v) is 8.18. The van der Waals surface area contributed by atoms with Crippen molar-refractivity contribution in [2.45, 2.75) is 32.6 Å². The Kier molecular flexibility index (Phi) is 4.86. The van der Waals surface area contributed by atoms with Crippen molar-refractivity contribution in [1.82, 2.24) is 14.9 Å². The molecule has 1 aromatic heterocycles. The second kappa shape index (κ2) is 7.22. The molecule has 0 spiro atoms. The van der Waals surface area contributed by atoms with E-state index in [1.54, 1.807) is 6.07 Å². The average molecular weight is 310 g/mol. The van der Waals surface area contributed by atoms with Gasteiger partial charge in [-0.1, -0.05) is 31.0 Å². The zero-order chi connectivity index (χ0) is 16.1. The summed E-state index contributed by atoms with van der Waals surface area (Å²) in [6.07, 6.45) is 6.00. The minimum atomic E-state index is 0.00198. The van der Waals surface area contributed by atoms with Gasteiger partial charge in [-0.25, -0.2) is 9.97 Å². The number of amides is 1. The van der Waals surface area contributed by atoms with Crippen molar-refractivity contribution in [2.75, 3.05) is 18.4 Å². The lowest BCUT2D eigenvalue weighted by atomic mass is 10.2. The third-order valence-corrected chi connectivity index (χ3v) is 4.19. The van der Waals surface area contributed by atoms with Crippen LogP contribution < -0.4 is 5.32 Å². The van der Waals surface area contributed by atoms with Gasteiger partial charge in [-0.2, -0.15) is 0 Å². The van der Waals surface area contributed by atoms with Crippen LogP contribution in [0.1, 0.15) is 41.7 Å². The van der Waals surface area contributed by atoms with E-state index in [2.05, 4.69) is 15.3 Å². The standard InChI is InChI=1S/C18H22N4O/c1-14-8-4-5-9-15(14)21-17-12-16(19-13-20-17)18(23)22-10-6-2-3-7-11-22/h4-5,8-9,12-13H,2-3,6-7,10-11H2,1H3,(H,19,20,21). The Labute approximate surface area is 136 Å². The fraction of sp³-hybridized carbons (Fsp3) is 0.389. The van der Waals surface area contributed by atoms with Crippen molar-refractivity contribution in [3.05, 3.63) is 47.9 Å². The molecule has 1 aliphatic heterocycles. The predicted molar refractivity (Wildman–Crippen MR) is 90.9 cm³/mol. The summed E-state index contributed by atoms with van der Waals surface area (Å²) < 4.78 is 0. The molecule has 1 saturated heterocycles. The van der Waals surface area contributed by atoms with E-state index in [1.807, 2.05) is 36.1 Å². The van der Waals surface area contributed by atoms with Crippen molar-refractivity contribution in [1.29, 1.82) is 0 Å². The maximum Gasteiger partial charge on any atom is 0.272 e. The van der Waals surface area contributed by atoms with E-state index in [1.165, 1.54) is 19.2 Å². The molecule has 1 N–H and O–H groups in total. The highest BCUT2D eigenvalue weighted by Gasteiger charge is 2.19. The first-order valence-electron chi connectivity index (χ1n) is 8.18. The van der Waals surface area contributed by atoms with Crippen LogP contribution >= 0.6 is 0 Å². The van der Waals surface area contributed by atoms with Crippen LogP contribution in [0.5, 0.6) is 0 Å². The summed E-state index contributed by atoms with van der Waals surface area (Å²) in [7, 11) is 0. The number of nitrogens with one attached hydrogen (secondary N) is 1. The summed E-state index contributed by atoms with van der Waals surface area (Å²) in [6.45, 7) is 3.68. The van der Waals surface area contributed by atoms with Crippen LogP contribution in [0.2, 0.25) is 0 Å². The number of aromatic nitrogens is 2. The van der Waals surface area contributed by atoms with Gasteiger partial charge in [0.1, 0.15) is 17.8 Å². The van der Waals surface area contributed by atoms with E-state index >= 15 is 0 Å². The van der Waals surface area contributed by atoms with Gasteiger partial charge >= 0.3 is 0 Å². The van der Waals surface area contributed by atoms with Crippen LogP contribution in [-0.4, -0.2) is 33.9 Å². The number of nitrogens with zero attached hydrogens (tertiary/aromatic N) is 3. The van der Waals surface area contributed by atoms with Crippen LogP contribution in [0, 0.1) is 6.92 Å². The molecule has 1 aliphatic rings. The van der Waals surface area contributed by atoms with Gasteiger partial charge in [0.05, 0.1) is 0 Å². The van der Waals surface area contributed by atoms with Gasteiger partial charge in [0.2, 0.25) is 0 Å². The maximum absolute atomic E-state index is 12.6. The number of hydrogen-bond acceptors (Lipinski definition) is 4. The molecular weight excluding hydrogens is 288 g/mol. The van der Waals surface area contributed by atoms with Crippen LogP contribution in [-0.2, 0) is 0 Å². The van der Waals surface area contributed by atoms with E-state index < -0.39 is 0 Å². The number of anilines is 2. The highest BCUT2D eigenvalue weighted by atomic mass is 16.2. The number of carbonyl (C=O) groups excluding carboxylic acids is 1. The number of benzene rings is 1. The molecule has 0 bridgehead atoms. The van der Waals surface area contributed by atoms with E-state index in [0.717, 1.165) is 37.2 Å². The molecule has 0 atom stereocenters. The molecule has 5 heteroatoms. The number of para-hydroxylation sites is 1. The third-order valence-electron chi connectivity index (χ3n) is 4.19. The Hall–Kier alpha value is -2.43. The number of hydrogen-bond donors (Lipinski definition) is 1. The zero-order valence-electron chi connectivity index (χ0n) is 13.5. The van der Waals surface area contributed by atoms with E-state index in [9.17, 15) is 4.79 Å². The molecule has 23 heavy (non-hydrogen) atoms. The smallest absolute Gasteiger partial charge is 0.272 e. The Bertz CT molecular complexity index is 678. The normalized spacial score (nSPS) is 15.1. The fourth-order valence-corrected chi connectivity index (χ4v) is 2.83. The second-order valence-electron chi connectivity index (χ2n) is 5.93. The molecule has 0 saturated carbocycles. The lowest BCUT2D eigenvalue weighted by molar-refractivity contribution is 0.0755. The van der Waals surface area contributed by atoms with Crippen molar-refractivity contribution >= 4 is 17.4 Å². The molecule has 0 unspecified atom stereocenters. The summed E-state index contributed by atoms with van der Waals surface area (Å²) in [5.74, 6) is 0.648. The van der Waals surface area contributed by atoms with Crippen molar-refractivity contribution in [3.8, 4) is 0 Å². The van der Waals surface area contributed by atoms with Crippen molar-refractivity contribution in [3.63, 3.8) is 0 Å². The van der Waals surface area contributed by atoms with Gasteiger partial charge < -0.3 is 10.2 Å². The highest BCUT2D eigenvalue weighted by Crippen LogP contribution is 2.19. The maximum atomic E-state index is 12.6. The molecule has 3 rings (SSSR count). The fourth-order valence-electron chi connectivity index (χ4n) is 2.83. The monoisotopic (exact) mass is 310 g/mol. The van der Waals surface area contributed by atoms with E-state index in [-0.39, 0.29) is 5.91 Å². The number of likely N-dealkylation sites (tertiary alicyclic amines) is 1. The Morgan fingerprint density at radius 3 is 2.57 bits per heavy atom. The molecule has 0 aliphatic carbocycles. The Morgan fingerprint density at radius 2 is 1.83 bits per heavy atom. The molecule has 0 radical (unpaired) electrons. The molecular formula is C18H22N4O. The van der Waals surface area contributed by atoms with Crippen LogP contribution in [0.4, 0.5) is 11.5 Å². The SMILES string of the molecule is Cc1ccccc1Nc1cc(C(=O)N2CCCCCC2)ncn1. The van der Waals surface area contributed by atoms with Crippen molar-refractivity contribution < 1.29 is 4.79 Å². The lowest BCUT2D eigenvalue weighted by Gasteiger charge is -2.19. The van der Waals surface area contributed by atoms with E-state index in [0.29, 0.717) is 11.5 Å². The first-order chi connectivity index (χ1) is 11.2. The van der Waals surface area contributed by atoms with E-state index in [4.69, 9.17) is 0 Å². The number of rotatable bonds is 3. The minimum absolute atomic E-state index is 0.00198. The Morgan fingerprint density at radius 1 is 1.09 bits per heavy atom. The molecule has 2 heterocycles. The van der Waals surface area contributed by atoms with Gasteiger partial charge in [-0.15, -0.1) is 0 Å². The van der Waals surface area contributed by atoms with Crippen molar-refractivity contribution in [2.24, 2.45) is 0 Å². The summed E-state index contributed by atoms with van der Waals surface area (Å²) in [4.78, 5) is 22.9. The number of carbonyl (C=O) groups is 1. The highest BCUT2D eigenvalue weighted by molar-refractivity contribution is 5.93. The van der Waals surface area contributed by atoms with Crippen LogP contribution in [0.3, 0.4) is 0 Å². The summed E-state index contributed by atoms with van der Waals surface area (Å²) in [6, 6.07) is 9.73. The molecule has 5 nitrogen and oxygen atoms in total. The summed E-state index contributed by atoms with van der Waals surface area (Å²) in [5, 5.41) is 3.26. The largest absolute Gasteiger partial charge is 0.340 e. The topological polar surface area (TPSA) is 58.1 Å². The van der Waals surface area contributed by atoms with Gasteiger partial charge in [0.15, 0.2) is 0 Å². The molecule has 120 valence electrons. The quantitative estimate of drug-likeness (QED) is 0.942. The Balaban J connectivity index is 1.76. The summed E-state index contributed by atoms with van der Waals surface area (Å²) >= 11 is 0. The van der Waals surface area contributed by atoms with Crippen LogP contribution in [0.15, 0.2) is 36.7 Å². The van der Waals surface area contributed by atoms with Gasteiger partial charge in [0, 0.05) is 24.8 Å². The minimum Gasteiger partial charge on any atom is -0.340 e. The van der Waals surface area contributed by atoms with Gasteiger partial charge in [-0.05, 0) is 31.4 Å². The lowest BCUT2D eigenvalue weighted by Crippen LogP contribution is -2.32. The second-order valence-corrected chi connectivity index (χ2v) is 5.93. The first kappa shape index (κ1) is 15.5.